The molecule has 0 spiro atoms. The standard InChI is InChI=1S/C19H18F3N3/c20-19(21,22)17-7-5-15(6-8-17)14-24-9-11-25(12-10-24)18-4-2-1-3-16(18)13-23/h1-8H,9-12,14H2. The van der Waals surface area contributed by atoms with Gasteiger partial charge in [0.25, 0.3) is 0 Å². The Morgan fingerprint density at radius 3 is 2.16 bits per heavy atom. The van der Waals surface area contributed by atoms with E-state index in [0.717, 1.165) is 49.6 Å². The Labute approximate surface area is 144 Å². The number of rotatable bonds is 3. The van der Waals surface area contributed by atoms with E-state index in [4.69, 9.17) is 0 Å². The molecule has 1 saturated heterocycles. The van der Waals surface area contributed by atoms with Crippen LogP contribution in [0.4, 0.5) is 18.9 Å². The molecule has 0 unspecified atom stereocenters. The second kappa shape index (κ2) is 7.16. The molecule has 1 heterocycles. The van der Waals surface area contributed by atoms with E-state index in [0.29, 0.717) is 12.1 Å². The van der Waals surface area contributed by atoms with Gasteiger partial charge in [0, 0.05) is 32.7 Å². The molecule has 6 heteroatoms. The fourth-order valence-electron chi connectivity index (χ4n) is 3.05. The van der Waals surface area contributed by atoms with Crippen molar-refractivity contribution < 1.29 is 13.2 Å². The summed E-state index contributed by atoms with van der Waals surface area (Å²) in [6.45, 7) is 3.83. The molecule has 1 aliphatic heterocycles. The van der Waals surface area contributed by atoms with Gasteiger partial charge in [0.05, 0.1) is 16.8 Å². The van der Waals surface area contributed by atoms with Crippen LogP contribution < -0.4 is 4.90 Å². The zero-order valence-electron chi connectivity index (χ0n) is 13.6. The highest BCUT2D eigenvalue weighted by Crippen LogP contribution is 2.29. The van der Waals surface area contributed by atoms with Gasteiger partial charge in [-0.1, -0.05) is 24.3 Å². The van der Waals surface area contributed by atoms with Gasteiger partial charge in [-0.05, 0) is 29.8 Å². The van der Waals surface area contributed by atoms with Crippen LogP contribution >= 0.6 is 0 Å². The molecule has 0 aromatic heterocycles. The predicted octanol–water partition coefficient (Wildman–Crippen LogP) is 3.90. The van der Waals surface area contributed by atoms with Crippen molar-refractivity contribution in [1.82, 2.24) is 4.90 Å². The third-order valence-corrected chi connectivity index (χ3v) is 4.42. The number of piperazine rings is 1. The summed E-state index contributed by atoms with van der Waals surface area (Å²) in [7, 11) is 0. The maximum Gasteiger partial charge on any atom is 0.416 e. The van der Waals surface area contributed by atoms with E-state index in [1.165, 1.54) is 0 Å². The molecule has 3 rings (SSSR count). The lowest BCUT2D eigenvalue weighted by atomic mass is 10.1. The minimum absolute atomic E-state index is 0.617. The average Bonchev–Trinajstić information content (AvgIpc) is 2.62. The van der Waals surface area contributed by atoms with Gasteiger partial charge >= 0.3 is 6.18 Å². The third kappa shape index (κ3) is 4.12. The predicted molar refractivity (Wildman–Crippen MR) is 90.1 cm³/mol. The summed E-state index contributed by atoms with van der Waals surface area (Å²) in [6, 6.07) is 15.1. The van der Waals surface area contributed by atoms with Crippen LogP contribution in [0.15, 0.2) is 48.5 Å². The summed E-state index contributed by atoms with van der Waals surface area (Å²) < 4.78 is 37.8. The highest BCUT2D eigenvalue weighted by Gasteiger charge is 2.30. The molecule has 0 bridgehead atoms. The summed E-state index contributed by atoms with van der Waals surface area (Å²) in [6.07, 6.45) is -4.29. The quantitative estimate of drug-likeness (QED) is 0.845. The van der Waals surface area contributed by atoms with E-state index in [9.17, 15) is 18.4 Å². The van der Waals surface area contributed by atoms with E-state index in [2.05, 4.69) is 15.9 Å². The number of nitriles is 1. The van der Waals surface area contributed by atoms with Crippen molar-refractivity contribution in [2.45, 2.75) is 12.7 Å². The molecule has 3 nitrogen and oxygen atoms in total. The monoisotopic (exact) mass is 345 g/mol. The van der Waals surface area contributed by atoms with Gasteiger partial charge in [-0.2, -0.15) is 18.4 Å². The number of hydrogen-bond donors (Lipinski definition) is 0. The lowest BCUT2D eigenvalue weighted by Gasteiger charge is -2.36. The van der Waals surface area contributed by atoms with Crippen molar-refractivity contribution in [2.75, 3.05) is 31.1 Å². The molecule has 0 atom stereocenters. The van der Waals surface area contributed by atoms with Crippen LogP contribution in [-0.2, 0) is 12.7 Å². The van der Waals surface area contributed by atoms with Gasteiger partial charge in [0.1, 0.15) is 6.07 Å². The lowest BCUT2D eigenvalue weighted by Crippen LogP contribution is -2.46. The second-order valence-corrected chi connectivity index (χ2v) is 6.09. The maximum absolute atomic E-state index is 12.6. The zero-order chi connectivity index (χ0) is 17.9. The van der Waals surface area contributed by atoms with E-state index >= 15 is 0 Å². The first-order chi connectivity index (χ1) is 12.0. The van der Waals surface area contributed by atoms with Gasteiger partial charge in [-0.25, -0.2) is 0 Å². The first kappa shape index (κ1) is 17.3. The molecule has 130 valence electrons. The van der Waals surface area contributed by atoms with E-state index in [1.807, 2.05) is 24.3 Å². The number of benzene rings is 2. The first-order valence-corrected chi connectivity index (χ1v) is 8.10. The highest BCUT2D eigenvalue weighted by molar-refractivity contribution is 5.59. The molecule has 25 heavy (non-hydrogen) atoms. The van der Waals surface area contributed by atoms with Crippen LogP contribution in [0, 0.1) is 11.3 Å². The highest BCUT2D eigenvalue weighted by atomic mass is 19.4. The minimum Gasteiger partial charge on any atom is -0.368 e. The number of hydrogen-bond acceptors (Lipinski definition) is 3. The number of alkyl halides is 3. The molecule has 0 saturated carbocycles. The molecule has 2 aromatic rings. The van der Waals surface area contributed by atoms with E-state index < -0.39 is 11.7 Å². The Morgan fingerprint density at radius 2 is 1.56 bits per heavy atom. The van der Waals surface area contributed by atoms with E-state index in [1.54, 1.807) is 12.1 Å². The first-order valence-electron chi connectivity index (χ1n) is 8.10. The molecular weight excluding hydrogens is 327 g/mol. The normalized spacial score (nSPS) is 15.8. The molecule has 0 radical (unpaired) electrons. The van der Waals surface area contributed by atoms with Crippen LogP contribution in [0.1, 0.15) is 16.7 Å². The van der Waals surface area contributed by atoms with Crippen molar-refractivity contribution in [3.8, 4) is 6.07 Å². The fraction of sp³-hybridized carbons (Fsp3) is 0.316. The van der Waals surface area contributed by atoms with Gasteiger partial charge in [0.15, 0.2) is 0 Å². The number of anilines is 1. The topological polar surface area (TPSA) is 30.3 Å². The van der Waals surface area contributed by atoms with Crippen molar-refractivity contribution in [3.63, 3.8) is 0 Å². The molecule has 0 aliphatic carbocycles. The number of nitrogens with zero attached hydrogens (tertiary/aromatic N) is 3. The molecular formula is C19H18F3N3. The summed E-state index contributed by atoms with van der Waals surface area (Å²) in [5.41, 5.74) is 1.87. The molecule has 0 amide bonds. The van der Waals surface area contributed by atoms with Crippen LogP contribution in [-0.4, -0.2) is 31.1 Å². The fourth-order valence-corrected chi connectivity index (χ4v) is 3.05. The average molecular weight is 345 g/mol. The Morgan fingerprint density at radius 1 is 0.920 bits per heavy atom. The van der Waals surface area contributed by atoms with Crippen molar-refractivity contribution in [2.24, 2.45) is 0 Å². The Kier molecular flexibility index (Phi) is 4.95. The molecule has 0 N–H and O–H groups in total. The van der Waals surface area contributed by atoms with Crippen LogP contribution in [0.2, 0.25) is 0 Å². The van der Waals surface area contributed by atoms with Crippen LogP contribution in [0.5, 0.6) is 0 Å². The third-order valence-electron chi connectivity index (χ3n) is 4.42. The largest absolute Gasteiger partial charge is 0.416 e. The Bertz CT molecular complexity index is 755. The van der Waals surface area contributed by atoms with E-state index in [-0.39, 0.29) is 0 Å². The van der Waals surface area contributed by atoms with Crippen molar-refractivity contribution in [1.29, 1.82) is 5.26 Å². The molecule has 2 aromatic carbocycles. The van der Waals surface area contributed by atoms with Crippen LogP contribution in [0.25, 0.3) is 0 Å². The molecule has 1 aliphatic rings. The van der Waals surface area contributed by atoms with Crippen LogP contribution in [0.3, 0.4) is 0 Å². The van der Waals surface area contributed by atoms with Gasteiger partial charge in [-0.3, -0.25) is 4.90 Å². The summed E-state index contributed by atoms with van der Waals surface area (Å²) in [5.74, 6) is 0. The van der Waals surface area contributed by atoms with Gasteiger partial charge in [-0.15, -0.1) is 0 Å². The Hall–Kier alpha value is -2.52. The maximum atomic E-state index is 12.6. The number of para-hydroxylation sites is 1. The van der Waals surface area contributed by atoms with Crippen molar-refractivity contribution >= 4 is 5.69 Å². The van der Waals surface area contributed by atoms with Gasteiger partial charge in [0.2, 0.25) is 0 Å². The lowest BCUT2D eigenvalue weighted by molar-refractivity contribution is -0.137. The minimum atomic E-state index is -4.29. The van der Waals surface area contributed by atoms with Gasteiger partial charge < -0.3 is 4.90 Å². The summed E-state index contributed by atoms with van der Waals surface area (Å²) >= 11 is 0. The smallest absolute Gasteiger partial charge is 0.368 e. The second-order valence-electron chi connectivity index (χ2n) is 6.09. The summed E-state index contributed by atoms with van der Waals surface area (Å²) in [4.78, 5) is 4.40. The summed E-state index contributed by atoms with van der Waals surface area (Å²) in [5, 5.41) is 9.21. The number of halogens is 3. The molecule has 1 fully saturated rings. The Balaban J connectivity index is 1.59. The zero-order valence-corrected chi connectivity index (χ0v) is 13.6. The van der Waals surface area contributed by atoms with Crippen molar-refractivity contribution in [3.05, 3.63) is 65.2 Å². The SMILES string of the molecule is N#Cc1ccccc1N1CCN(Cc2ccc(C(F)(F)F)cc2)CC1.